The Morgan fingerprint density at radius 1 is 0.243 bits per heavy atom. The highest BCUT2D eigenvalue weighted by molar-refractivity contribution is 6.11. The number of nitrogens with zero attached hydrogens (tertiary/aromatic N) is 3. The molecule has 0 bridgehead atoms. The topological polar surface area (TPSA) is 22.8 Å². The van der Waals surface area contributed by atoms with Gasteiger partial charge in [-0.1, -0.05) is 60.7 Å². The Morgan fingerprint density at radius 2 is 0.500 bits per heavy atom. The number of para-hydroxylation sites is 2. The standard InChI is InChI=1S/C53H25F18N3/c54-48(55,56)32-13-28(14-33(23-32)49(57,58)59)26-9-11-40-38-5-1-3-7-42(38)73(44(40)19-26)46-21-31(30-17-36(52(66,67)68)25-37(18-30)53(69,70)71)22-47(72-46)74-43-8-4-2-6-39(43)41-12-10-27(20-45(41)74)29-15-34(50(60,61)62)24-35(16-29)51(63,64)65/h1-25H. The van der Waals surface area contributed by atoms with Gasteiger partial charge in [-0.15, -0.1) is 0 Å². The maximum atomic E-state index is 14.4. The quantitative estimate of drug-likeness (QED) is 0.158. The lowest BCUT2D eigenvalue weighted by Crippen LogP contribution is -2.11. The molecule has 0 saturated heterocycles. The minimum absolute atomic E-state index is 0.0276. The summed E-state index contributed by atoms with van der Waals surface area (Å²) in [6.07, 6.45) is -31.6. The van der Waals surface area contributed by atoms with Gasteiger partial charge in [0.2, 0.25) is 0 Å². The third kappa shape index (κ3) is 9.01. The highest BCUT2D eigenvalue weighted by Gasteiger charge is 2.40. The van der Waals surface area contributed by atoms with Gasteiger partial charge < -0.3 is 0 Å². The van der Waals surface area contributed by atoms with Crippen LogP contribution >= 0.6 is 0 Å². The molecule has 3 aromatic heterocycles. The predicted molar refractivity (Wildman–Crippen MR) is 239 cm³/mol. The third-order valence-corrected chi connectivity index (χ3v) is 12.4. The van der Waals surface area contributed by atoms with Crippen LogP contribution in [0, 0.1) is 0 Å². The summed E-state index contributed by atoms with van der Waals surface area (Å²) >= 11 is 0. The number of benzene rings is 7. The molecular weight excluding hydrogens is 1020 g/mol. The normalized spacial score (nSPS) is 13.3. The summed E-state index contributed by atoms with van der Waals surface area (Å²) in [6.45, 7) is 0. The van der Waals surface area contributed by atoms with Crippen LogP contribution in [0.25, 0.3) is 88.6 Å². The third-order valence-electron chi connectivity index (χ3n) is 12.4. The second-order valence-corrected chi connectivity index (χ2v) is 17.1. The summed E-state index contributed by atoms with van der Waals surface area (Å²) in [5.74, 6) is -0.580. The van der Waals surface area contributed by atoms with Crippen molar-refractivity contribution < 1.29 is 79.0 Å². The molecule has 378 valence electrons. The van der Waals surface area contributed by atoms with E-state index in [4.69, 9.17) is 4.98 Å². The van der Waals surface area contributed by atoms with Crippen molar-refractivity contribution >= 4 is 43.6 Å². The molecule has 0 unspecified atom stereocenters. The first kappa shape index (κ1) is 49.6. The van der Waals surface area contributed by atoms with Gasteiger partial charge >= 0.3 is 37.1 Å². The van der Waals surface area contributed by atoms with Gasteiger partial charge in [-0.25, -0.2) is 4.98 Å². The molecule has 0 aliphatic rings. The van der Waals surface area contributed by atoms with Crippen molar-refractivity contribution in [2.24, 2.45) is 0 Å². The molecule has 0 radical (unpaired) electrons. The van der Waals surface area contributed by atoms with E-state index < -0.39 is 87.1 Å². The fourth-order valence-corrected chi connectivity index (χ4v) is 9.06. The zero-order valence-corrected chi connectivity index (χ0v) is 36.6. The zero-order chi connectivity index (χ0) is 53.2. The van der Waals surface area contributed by atoms with E-state index in [0.29, 0.717) is 57.9 Å². The van der Waals surface area contributed by atoms with Gasteiger partial charge in [-0.05, 0) is 124 Å². The molecule has 10 rings (SSSR count). The Hall–Kier alpha value is -7.97. The molecule has 3 nitrogen and oxygen atoms in total. The lowest BCUT2D eigenvalue weighted by molar-refractivity contribution is -0.144. The lowest BCUT2D eigenvalue weighted by atomic mass is 9.98. The van der Waals surface area contributed by atoms with Gasteiger partial charge in [0, 0.05) is 21.5 Å². The maximum Gasteiger partial charge on any atom is 0.416 e. The number of halogens is 18. The fourth-order valence-electron chi connectivity index (χ4n) is 9.06. The monoisotopic (exact) mass is 1050 g/mol. The summed E-state index contributed by atoms with van der Waals surface area (Å²) in [5, 5.41) is 1.39. The van der Waals surface area contributed by atoms with Crippen molar-refractivity contribution in [2.75, 3.05) is 0 Å². The predicted octanol–water partition coefficient (Wildman–Crippen LogP) is 18.4. The molecule has 0 fully saturated rings. The molecule has 0 aliphatic carbocycles. The Labute approximate surface area is 403 Å². The second kappa shape index (κ2) is 16.8. The summed E-state index contributed by atoms with van der Waals surface area (Å²) in [7, 11) is 0. The average molecular weight is 1050 g/mol. The van der Waals surface area contributed by atoms with Crippen molar-refractivity contribution in [1.29, 1.82) is 0 Å². The zero-order valence-electron chi connectivity index (χ0n) is 36.6. The lowest BCUT2D eigenvalue weighted by Gasteiger charge is -2.18. The van der Waals surface area contributed by atoms with Crippen LogP contribution in [-0.2, 0) is 37.1 Å². The van der Waals surface area contributed by atoms with Gasteiger partial charge in [0.1, 0.15) is 11.6 Å². The number of alkyl halides is 18. The molecule has 0 saturated carbocycles. The van der Waals surface area contributed by atoms with Gasteiger partial charge in [-0.3, -0.25) is 9.13 Å². The van der Waals surface area contributed by atoms with Crippen molar-refractivity contribution in [3.63, 3.8) is 0 Å². The molecule has 3 heterocycles. The average Bonchev–Trinajstić information content (AvgIpc) is 3.84. The van der Waals surface area contributed by atoms with Crippen LogP contribution in [0.2, 0.25) is 0 Å². The van der Waals surface area contributed by atoms with Crippen molar-refractivity contribution in [2.45, 2.75) is 37.1 Å². The minimum Gasteiger partial charge on any atom is -0.294 e. The van der Waals surface area contributed by atoms with Crippen LogP contribution in [0.1, 0.15) is 33.4 Å². The maximum absolute atomic E-state index is 14.4. The van der Waals surface area contributed by atoms with E-state index in [1.165, 1.54) is 69.8 Å². The largest absolute Gasteiger partial charge is 0.416 e. The van der Waals surface area contributed by atoms with Crippen LogP contribution in [0.5, 0.6) is 0 Å². The van der Waals surface area contributed by atoms with Crippen molar-refractivity contribution in [3.05, 3.63) is 185 Å². The van der Waals surface area contributed by atoms with Gasteiger partial charge in [0.25, 0.3) is 0 Å². The molecule has 0 atom stereocenters. The van der Waals surface area contributed by atoms with Crippen molar-refractivity contribution in [1.82, 2.24) is 14.1 Å². The SMILES string of the molecule is FC(F)(F)c1cc(-c2cc(-n3c4ccccc4c4ccc(-c5cc(C(F)(F)F)cc(C(F)(F)F)c5)cc43)nc(-n3c4ccccc4c4ccc(-c5cc(C(F)(F)F)cc(C(F)(F)F)c5)cc43)c2)cc(C(F)(F)F)c1. The highest BCUT2D eigenvalue weighted by Crippen LogP contribution is 2.45. The van der Waals surface area contributed by atoms with E-state index in [1.807, 2.05) is 0 Å². The Kier molecular flexibility index (Phi) is 11.3. The minimum atomic E-state index is -5.34. The summed E-state index contributed by atoms with van der Waals surface area (Å²) in [6, 6.07) is 24.9. The van der Waals surface area contributed by atoms with Crippen LogP contribution in [0.15, 0.2) is 152 Å². The molecule has 21 heteroatoms. The molecule has 0 amide bonds. The number of rotatable bonds is 5. The Morgan fingerprint density at radius 3 is 0.797 bits per heavy atom. The fraction of sp³-hybridized carbons (Fsp3) is 0.113. The van der Waals surface area contributed by atoms with Gasteiger partial charge in [0.05, 0.1) is 55.4 Å². The molecule has 7 aromatic carbocycles. The Balaban J connectivity index is 1.30. The van der Waals surface area contributed by atoms with E-state index in [9.17, 15) is 79.0 Å². The molecule has 0 N–H and O–H groups in total. The second-order valence-electron chi connectivity index (χ2n) is 17.1. The van der Waals surface area contributed by atoms with Crippen LogP contribution in [0.4, 0.5) is 79.0 Å². The molecular formula is C53H25F18N3. The van der Waals surface area contributed by atoms with E-state index in [2.05, 4.69) is 0 Å². The molecule has 74 heavy (non-hydrogen) atoms. The number of fused-ring (bicyclic) bond motifs is 6. The van der Waals surface area contributed by atoms with E-state index in [0.717, 1.165) is 12.1 Å². The summed E-state index contributed by atoms with van der Waals surface area (Å²) < 4.78 is 258. The van der Waals surface area contributed by atoms with Crippen LogP contribution in [-0.4, -0.2) is 14.1 Å². The Bertz CT molecular complexity index is 3570. The first-order valence-corrected chi connectivity index (χ1v) is 21.4. The van der Waals surface area contributed by atoms with E-state index in [-0.39, 0.29) is 68.6 Å². The first-order valence-electron chi connectivity index (χ1n) is 21.4. The molecule has 0 aliphatic heterocycles. The smallest absolute Gasteiger partial charge is 0.294 e. The number of hydrogen-bond donors (Lipinski definition) is 0. The van der Waals surface area contributed by atoms with Gasteiger partial charge in [0.15, 0.2) is 0 Å². The van der Waals surface area contributed by atoms with E-state index in [1.54, 1.807) is 24.3 Å². The van der Waals surface area contributed by atoms with Crippen LogP contribution < -0.4 is 0 Å². The highest BCUT2D eigenvalue weighted by atomic mass is 19.4. The number of aromatic nitrogens is 3. The summed E-state index contributed by atoms with van der Waals surface area (Å²) in [4.78, 5) is 4.86. The first-order chi connectivity index (χ1) is 34.4. The van der Waals surface area contributed by atoms with Crippen molar-refractivity contribution in [3.8, 4) is 45.0 Å². The van der Waals surface area contributed by atoms with E-state index >= 15 is 0 Å². The van der Waals surface area contributed by atoms with Gasteiger partial charge in [-0.2, -0.15) is 79.0 Å². The van der Waals surface area contributed by atoms with Crippen LogP contribution in [0.3, 0.4) is 0 Å². The molecule has 10 aromatic rings. The molecule has 0 spiro atoms. The number of hydrogen-bond acceptors (Lipinski definition) is 1. The number of pyridine rings is 1. The summed E-state index contributed by atoms with van der Waals surface area (Å²) in [5.41, 5.74) is -12.0.